The van der Waals surface area contributed by atoms with Gasteiger partial charge in [-0.3, -0.25) is 0 Å². The highest BCUT2D eigenvalue weighted by Crippen LogP contribution is 2.21. The van der Waals surface area contributed by atoms with E-state index in [9.17, 15) is 8.42 Å². The van der Waals surface area contributed by atoms with Gasteiger partial charge in [-0.25, -0.2) is 13.4 Å². The third kappa shape index (κ3) is 2.94. The molecule has 0 atom stereocenters. The van der Waals surface area contributed by atoms with Gasteiger partial charge in [0.05, 0.1) is 31.4 Å². The predicted molar refractivity (Wildman–Crippen MR) is 69.7 cm³/mol. The van der Waals surface area contributed by atoms with E-state index in [-0.39, 0.29) is 10.9 Å². The van der Waals surface area contributed by atoms with Gasteiger partial charge in [0.2, 0.25) is 15.0 Å². The van der Waals surface area contributed by atoms with Crippen LogP contribution in [0.15, 0.2) is 35.6 Å². The van der Waals surface area contributed by atoms with Crippen molar-refractivity contribution in [1.29, 1.82) is 0 Å². The lowest BCUT2D eigenvalue weighted by Crippen LogP contribution is -2.11. The minimum absolute atomic E-state index is 0.132. The van der Waals surface area contributed by atoms with E-state index in [1.165, 1.54) is 6.20 Å². The number of sulfone groups is 1. The van der Waals surface area contributed by atoms with E-state index >= 15 is 0 Å². The molecule has 0 radical (unpaired) electrons. The Balaban J connectivity index is 2.30. The lowest BCUT2D eigenvalue weighted by atomic mass is 10.2. The summed E-state index contributed by atoms with van der Waals surface area (Å²) < 4.78 is 28.5. The lowest BCUT2D eigenvalue weighted by Gasteiger charge is -2.01. The second kappa shape index (κ2) is 5.41. The molecule has 0 aliphatic rings. The van der Waals surface area contributed by atoms with Crippen LogP contribution >= 0.6 is 0 Å². The summed E-state index contributed by atoms with van der Waals surface area (Å²) in [6.45, 7) is -0.430. The Morgan fingerprint density at radius 3 is 2.58 bits per heavy atom. The number of aromatic amines is 1. The fraction of sp³-hybridized carbons (Fsp3) is 0.250. The predicted octanol–water partition coefficient (Wildman–Crippen LogP) is 0.851. The van der Waals surface area contributed by atoms with Crippen molar-refractivity contribution in [2.75, 3.05) is 19.5 Å². The summed E-state index contributed by atoms with van der Waals surface area (Å²) in [6.07, 6.45) is 1.45. The van der Waals surface area contributed by atoms with Gasteiger partial charge in [-0.2, -0.15) is 0 Å². The topological polar surface area (TPSA) is 92.3 Å². The quantitative estimate of drug-likeness (QED) is 0.848. The van der Waals surface area contributed by atoms with E-state index < -0.39 is 16.4 Å². The first-order chi connectivity index (χ1) is 9.06. The first kappa shape index (κ1) is 13.6. The van der Waals surface area contributed by atoms with E-state index in [0.29, 0.717) is 5.69 Å². The maximum Gasteiger partial charge on any atom is 0.225 e. The second-order valence-corrected chi connectivity index (χ2v) is 5.90. The van der Waals surface area contributed by atoms with Crippen LogP contribution in [-0.4, -0.2) is 43.0 Å². The molecule has 1 aromatic heterocycles. The highest BCUT2D eigenvalue weighted by molar-refractivity contribution is 7.91. The molecular weight excluding hydrogens is 268 g/mol. The van der Waals surface area contributed by atoms with Gasteiger partial charge in [-0.1, -0.05) is 0 Å². The van der Waals surface area contributed by atoms with Crippen LogP contribution in [0, 0.1) is 0 Å². The number of hydrogen-bond acceptors (Lipinski definition) is 5. The smallest absolute Gasteiger partial charge is 0.225 e. The van der Waals surface area contributed by atoms with Crippen LogP contribution in [0.25, 0.3) is 11.3 Å². The Hall–Kier alpha value is -1.86. The fourth-order valence-electron chi connectivity index (χ4n) is 1.60. The lowest BCUT2D eigenvalue weighted by molar-refractivity contribution is 0.319. The summed E-state index contributed by atoms with van der Waals surface area (Å²) in [6, 6.07) is 7.15. The standard InChI is InChI=1S/C12H14N2O4S/c1-18-10-4-2-9(3-5-10)11-8-13-12(14-11)19(16,17)7-6-15/h2-5,8,15H,6-7H2,1H3,(H,13,14). The van der Waals surface area contributed by atoms with Crippen LogP contribution in [0.5, 0.6) is 5.75 Å². The summed E-state index contributed by atoms with van der Waals surface area (Å²) in [5, 5.41) is 8.58. The monoisotopic (exact) mass is 282 g/mol. The van der Waals surface area contributed by atoms with Gasteiger partial charge in [0.15, 0.2) is 0 Å². The minimum atomic E-state index is -3.55. The van der Waals surface area contributed by atoms with Crippen molar-refractivity contribution in [2.24, 2.45) is 0 Å². The summed E-state index contributed by atoms with van der Waals surface area (Å²) in [7, 11) is -1.98. The number of H-pyrrole nitrogens is 1. The van der Waals surface area contributed by atoms with Crippen LogP contribution in [0.4, 0.5) is 0 Å². The Labute approximate surface area is 111 Å². The normalized spacial score (nSPS) is 11.5. The van der Waals surface area contributed by atoms with Gasteiger partial charge >= 0.3 is 0 Å². The molecule has 0 saturated carbocycles. The van der Waals surface area contributed by atoms with E-state index in [1.807, 2.05) is 0 Å². The Bertz CT molecular complexity index is 647. The SMILES string of the molecule is COc1ccc(-c2cnc(S(=O)(=O)CCO)[nH]2)cc1. The zero-order valence-corrected chi connectivity index (χ0v) is 11.1. The number of aromatic nitrogens is 2. The molecule has 0 amide bonds. The number of nitrogens with one attached hydrogen (secondary N) is 1. The zero-order chi connectivity index (χ0) is 13.9. The largest absolute Gasteiger partial charge is 0.497 e. The van der Waals surface area contributed by atoms with E-state index in [1.54, 1.807) is 31.4 Å². The molecule has 0 spiro atoms. The zero-order valence-electron chi connectivity index (χ0n) is 10.3. The van der Waals surface area contributed by atoms with Gasteiger partial charge in [0, 0.05) is 0 Å². The van der Waals surface area contributed by atoms with E-state index in [2.05, 4.69) is 9.97 Å². The number of methoxy groups -OCH3 is 1. The number of aliphatic hydroxyl groups is 1. The molecule has 0 fully saturated rings. The number of imidazole rings is 1. The molecule has 7 heteroatoms. The number of nitrogens with zero attached hydrogens (tertiary/aromatic N) is 1. The van der Waals surface area contributed by atoms with Crippen LogP contribution in [0.3, 0.4) is 0 Å². The summed E-state index contributed by atoms with van der Waals surface area (Å²) in [5.74, 6) is 0.374. The van der Waals surface area contributed by atoms with Crippen molar-refractivity contribution in [3.05, 3.63) is 30.5 Å². The molecule has 0 aliphatic heterocycles. The Morgan fingerprint density at radius 1 is 1.32 bits per heavy atom. The molecule has 6 nitrogen and oxygen atoms in total. The van der Waals surface area contributed by atoms with Crippen LogP contribution in [0.1, 0.15) is 0 Å². The molecule has 1 aromatic carbocycles. The molecule has 102 valence electrons. The molecule has 2 N–H and O–H groups in total. The van der Waals surface area contributed by atoms with Crippen molar-refractivity contribution in [2.45, 2.75) is 5.16 Å². The Morgan fingerprint density at radius 2 is 2.00 bits per heavy atom. The first-order valence-corrected chi connectivity index (χ1v) is 7.25. The van der Waals surface area contributed by atoms with Gasteiger partial charge in [-0.05, 0) is 29.8 Å². The third-order valence-corrected chi connectivity index (χ3v) is 4.12. The summed E-state index contributed by atoms with van der Waals surface area (Å²) >= 11 is 0. The molecule has 2 rings (SSSR count). The highest BCUT2D eigenvalue weighted by Gasteiger charge is 2.18. The average Bonchev–Trinajstić information content (AvgIpc) is 2.89. The number of hydrogen-bond donors (Lipinski definition) is 2. The fourth-order valence-corrected chi connectivity index (χ4v) is 2.51. The summed E-state index contributed by atoms with van der Waals surface area (Å²) in [5.41, 5.74) is 1.40. The molecule has 1 heterocycles. The average molecular weight is 282 g/mol. The molecule has 0 unspecified atom stereocenters. The van der Waals surface area contributed by atoms with Gasteiger partial charge in [-0.15, -0.1) is 0 Å². The number of rotatable bonds is 5. The maximum atomic E-state index is 11.7. The number of ether oxygens (including phenoxy) is 1. The van der Waals surface area contributed by atoms with Crippen molar-refractivity contribution in [3.8, 4) is 17.0 Å². The van der Waals surface area contributed by atoms with Crippen molar-refractivity contribution in [1.82, 2.24) is 9.97 Å². The maximum absolute atomic E-state index is 11.7. The second-order valence-electron chi connectivity index (χ2n) is 3.87. The van der Waals surface area contributed by atoms with Crippen LogP contribution in [0.2, 0.25) is 0 Å². The van der Waals surface area contributed by atoms with Crippen molar-refractivity contribution in [3.63, 3.8) is 0 Å². The number of aliphatic hydroxyl groups excluding tert-OH is 1. The molecule has 19 heavy (non-hydrogen) atoms. The Kier molecular flexibility index (Phi) is 3.87. The molecule has 0 bridgehead atoms. The third-order valence-electron chi connectivity index (χ3n) is 2.61. The number of benzene rings is 1. The van der Waals surface area contributed by atoms with E-state index in [0.717, 1.165) is 11.3 Å². The van der Waals surface area contributed by atoms with Gasteiger partial charge in [0.1, 0.15) is 5.75 Å². The first-order valence-electron chi connectivity index (χ1n) is 5.60. The minimum Gasteiger partial charge on any atom is -0.497 e. The van der Waals surface area contributed by atoms with Crippen LogP contribution < -0.4 is 4.74 Å². The molecular formula is C12H14N2O4S. The van der Waals surface area contributed by atoms with Crippen LogP contribution in [-0.2, 0) is 9.84 Å². The van der Waals surface area contributed by atoms with Crippen molar-refractivity contribution >= 4 is 9.84 Å². The molecule has 0 aliphatic carbocycles. The van der Waals surface area contributed by atoms with E-state index in [4.69, 9.17) is 9.84 Å². The van der Waals surface area contributed by atoms with Gasteiger partial charge < -0.3 is 14.8 Å². The van der Waals surface area contributed by atoms with Gasteiger partial charge in [0.25, 0.3) is 0 Å². The molecule has 2 aromatic rings. The summed E-state index contributed by atoms with van der Waals surface area (Å²) in [4.78, 5) is 6.58. The molecule has 0 saturated heterocycles. The van der Waals surface area contributed by atoms with Crippen molar-refractivity contribution < 1.29 is 18.3 Å². The highest BCUT2D eigenvalue weighted by atomic mass is 32.2.